The zero-order valence-electron chi connectivity index (χ0n) is 24.0. The van der Waals surface area contributed by atoms with Crippen molar-refractivity contribution in [3.05, 3.63) is 47.7 Å². The number of carbonyl (C=O) groups is 1. The van der Waals surface area contributed by atoms with Gasteiger partial charge in [-0.25, -0.2) is 4.98 Å². The number of aliphatic imine (C=N–C) groups is 1. The minimum Gasteiger partial charge on any atom is -0.489 e. The molecule has 0 bridgehead atoms. The van der Waals surface area contributed by atoms with Crippen molar-refractivity contribution >= 4 is 25.9 Å². The lowest BCUT2D eigenvalue weighted by atomic mass is 9.95. The number of aryl methyl sites for hydroxylation is 1. The normalized spacial score (nSPS) is 18.6. The Morgan fingerprint density at radius 2 is 2.02 bits per heavy atom. The number of ether oxygens (including phenoxy) is 3. The first-order chi connectivity index (χ1) is 19.2. The summed E-state index contributed by atoms with van der Waals surface area (Å²) in [5, 5.41) is 7.54. The average molecular weight is 566 g/mol. The molecule has 2 aliphatic heterocycles. The van der Waals surface area contributed by atoms with Crippen molar-refractivity contribution in [2.75, 3.05) is 33.0 Å². The number of carbonyl (C=O) groups excluding carboxylic acids is 1. The number of likely N-dealkylation sites (tertiary alicyclic amines) is 1. The second kappa shape index (κ2) is 14.0. The summed E-state index contributed by atoms with van der Waals surface area (Å²) in [6, 6.07) is 10.8. The van der Waals surface area contributed by atoms with Crippen molar-refractivity contribution in [3.63, 3.8) is 0 Å². The Morgan fingerprint density at radius 3 is 2.70 bits per heavy atom. The summed E-state index contributed by atoms with van der Waals surface area (Å²) in [6.45, 7) is 10.6. The molecule has 0 aliphatic carbocycles. The van der Waals surface area contributed by atoms with Crippen molar-refractivity contribution in [1.82, 2.24) is 9.88 Å². The summed E-state index contributed by atoms with van der Waals surface area (Å²) in [5.74, 6) is 1.82. The van der Waals surface area contributed by atoms with Crippen LogP contribution in [-0.2, 0) is 16.0 Å². The van der Waals surface area contributed by atoms with Crippen LogP contribution in [0, 0.1) is 11.3 Å². The molecule has 9 nitrogen and oxygen atoms in total. The monoisotopic (exact) mass is 565 g/mol. The van der Waals surface area contributed by atoms with Crippen molar-refractivity contribution in [1.29, 1.82) is 5.41 Å². The Morgan fingerprint density at radius 1 is 1.23 bits per heavy atom. The molecule has 0 spiro atoms. The third-order valence-electron chi connectivity index (χ3n) is 7.45. The summed E-state index contributed by atoms with van der Waals surface area (Å²) in [7, 11) is -1.13. The van der Waals surface area contributed by atoms with E-state index in [9.17, 15) is 4.79 Å². The van der Waals surface area contributed by atoms with Crippen molar-refractivity contribution in [2.24, 2.45) is 16.6 Å². The van der Waals surface area contributed by atoms with Crippen LogP contribution in [-0.4, -0.2) is 74.9 Å². The Hall–Kier alpha value is -3.08. The van der Waals surface area contributed by atoms with Crippen LogP contribution < -0.4 is 15.2 Å². The highest BCUT2D eigenvalue weighted by atomic mass is 28.3. The van der Waals surface area contributed by atoms with Gasteiger partial charge in [-0.2, -0.15) is 0 Å². The molecule has 0 saturated carbocycles. The van der Waals surface area contributed by atoms with E-state index in [1.165, 1.54) is 11.8 Å². The van der Waals surface area contributed by atoms with Crippen molar-refractivity contribution in [3.8, 4) is 17.4 Å². The number of hydrogen-bond acceptors (Lipinski definition) is 8. The number of amides is 1. The van der Waals surface area contributed by atoms with Crippen LogP contribution in [0.25, 0.3) is 0 Å². The topological polar surface area (TPSA) is 123 Å². The van der Waals surface area contributed by atoms with Gasteiger partial charge >= 0.3 is 0 Å². The molecule has 4 rings (SSSR count). The summed E-state index contributed by atoms with van der Waals surface area (Å²) >= 11 is 0. The van der Waals surface area contributed by atoms with Gasteiger partial charge in [-0.15, -0.1) is 0 Å². The van der Waals surface area contributed by atoms with Crippen LogP contribution in [0.4, 0.5) is 0 Å². The molecular formula is C30H43N5O4Si. The second-order valence-electron chi connectivity index (χ2n) is 11.9. The third kappa shape index (κ3) is 8.97. The van der Waals surface area contributed by atoms with Gasteiger partial charge in [0.15, 0.2) is 0 Å². The van der Waals surface area contributed by atoms with Gasteiger partial charge in [0.2, 0.25) is 11.8 Å². The van der Waals surface area contributed by atoms with Gasteiger partial charge in [-0.3, -0.25) is 14.7 Å². The number of fused-ring (bicyclic) bond motifs is 1. The fraction of sp³-hybridized carbons (Fsp3) is 0.533. The number of pyridine rings is 1. The number of hydrogen-bond donors (Lipinski definition) is 2. The Labute approximate surface area is 238 Å². The lowest BCUT2D eigenvalue weighted by Crippen LogP contribution is -2.43. The predicted octanol–water partition coefficient (Wildman–Crippen LogP) is 4.91. The third-order valence-corrected chi connectivity index (χ3v) is 9.15. The van der Waals surface area contributed by atoms with E-state index < -0.39 is 8.07 Å². The Bertz CT molecular complexity index is 1170. The fourth-order valence-electron chi connectivity index (χ4n) is 4.96. The molecule has 1 aromatic heterocycles. The van der Waals surface area contributed by atoms with E-state index in [0.29, 0.717) is 24.7 Å². The highest BCUT2D eigenvalue weighted by Gasteiger charge is 2.27. The Balaban J connectivity index is 1.31. The minimum atomic E-state index is -1.13. The molecule has 2 aromatic rings. The van der Waals surface area contributed by atoms with Crippen molar-refractivity contribution < 1.29 is 19.0 Å². The maximum atomic E-state index is 11.5. The van der Waals surface area contributed by atoms with Gasteiger partial charge < -0.3 is 25.4 Å². The van der Waals surface area contributed by atoms with Gasteiger partial charge in [-0.05, 0) is 62.5 Å². The summed E-state index contributed by atoms with van der Waals surface area (Å²) in [6.07, 6.45) is 7.17. The Kier molecular flexibility index (Phi) is 10.5. The van der Waals surface area contributed by atoms with E-state index >= 15 is 0 Å². The van der Waals surface area contributed by atoms with Gasteiger partial charge in [0.25, 0.3) is 0 Å². The molecule has 1 amide bonds. The number of piperidine rings is 1. The van der Waals surface area contributed by atoms with Gasteiger partial charge in [-0.1, -0.05) is 25.7 Å². The maximum absolute atomic E-state index is 11.5. The number of benzene rings is 1. The van der Waals surface area contributed by atoms with Gasteiger partial charge in [0.1, 0.15) is 24.3 Å². The van der Waals surface area contributed by atoms with Crippen LogP contribution in [0.1, 0.15) is 36.8 Å². The smallest absolute Gasteiger partial charge is 0.220 e. The molecule has 1 aromatic carbocycles. The summed E-state index contributed by atoms with van der Waals surface area (Å²) < 4.78 is 18.1. The number of primary amides is 1. The average Bonchev–Trinajstić information content (AvgIpc) is 2.92. The van der Waals surface area contributed by atoms with E-state index in [4.69, 9.17) is 25.4 Å². The van der Waals surface area contributed by atoms with Crippen LogP contribution in [0.2, 0.25) is 25.7 Å². The first-order valence-electron chi connectivity index (χ1n) is 14.3. The lowest BCUT2D eigenvalue weighted by Gasteiger charge is -2.35. The molecule has 40 heavy (non-hydrogen) atoms. The molecule has 216 valence electrons. The highest BCUT2D eigenvalue weighted by molar-refractivity contribution is 6.76. The first kappa shape index (κ1) is 29.9. The van der Waals surface area contributed by atoms with Crippen molar-refractivity contribution in [2.45, 2.75) is 63.9 Å². The number of rotatable bonds is 13. The molecule has 1 unspecified atom stereocenters. The fourth-order valence-corrected chi connectivity index (χ4v) is 5.71. The van der Waals surface area contributed by atoms with E-state index in [-0.39, 0.29) is 24.7 Å². The zero-order valence-corrected chi connectivity index (χ0v) is 25.0. The van der Waals surface area contributed by atoms with E-state index in [2.05, 4.69) is 40.6 Å². The van der Waals surface area contributed by atoms with Crippen LogP contribution in [0.3, 0.4) is 0 Å². The van der Waals surface area contributed by atoms with Gasteiger partial charge in [0, 0.05) is 63.7 Å². The number of nitrogens with zero attached hydrogens (tertiary/aromatic N) is 3. The maximum Gasteiger partial charge on any atom is 0.220 e. The van der Waals surface area contributed by atoms with E-state index in [0.717, 1.165) is 68.4 Å². The number of nitrogens with one attached hydrogen (secondary N) is 1. The molecule has 3 heterocycles. The standard InChI is InChI=1S/C30H43N5O4Si/c1-40(2,3)17-16-37-21-34-27(10-13-31)24-6-9-29(33-19-24)39-25-7-4-22-5-8-26(38-28(22)18-25)20-35-14-11-23(12-15-35)30(32)36/h4,6-7,9,13,18-19,23,26,31H,5,8,10-12,14-17,20-21H2,1-3H3,(H2,32,36). The van der Waals surface area contributed by atoms with Crippen LogP contribution in [0.5, 0.6) is 17.4 Å². The molecule has 1 saturated heterocycles. The SMILES string of the molecule is C[Si](C)(C)CCOCN=C(CC=N)c1ccc(Oc2ccc3c(c2)OC(CN2CCC(C(N)=O)CC2)CC3)nc1. The number of aromatic nitrogens is 1. The van der Waals surface area contributed by atoms with Crippen LogP contribution in [0.15, 0.2) is 41.5 Å². The number of nitrogens with two attached hydrogens (primary N) is 1. The zero-order chi connectivity index (χ0) is 28.5. The second-order valence-corrected chi connectivity index (χ2v) is 17.5. The molecule has 1 fully saturated rings. The van der Waals surface area contributed by atoms with Gasteiger partial charge in [0.05, 0.1) is 5.71 Å². The molecular weight excluding hydrogens is 522 g/mol. The van der Waals surface area contributed by atoms with E-state index in [1.807, 2.05) is 24.3 Å². The molecule has 0 radical (unpaired) electrons. The molecule has 3 N–H and O–H groups in total. The lowest BCUT2D eigenvalue weighted by molar-refractivity contribution is -0.123. The summed E-state index contributed by atoms with van der Waals surface area (Å²) in [4.78, 5) is 22.9. The minimum absolute atomic E-state index is 0.000140. The highest BCUT2D eigenvalue weighted by Crippen LogP contribution is 2.33. The van der Waals surface area contributed by atoms with E-state index in [1.54, 1.807) is 6.20 Å². The molecule has 10 heteroatoms. The molecule has 1 atom stereocenters. The predicted molar refractivity (Wildman–Crippen MR) is 161 cm³/mol. The van der Waals surface area contributed by atoms with Crippen LogP contribution >= 0.6 is 0 Å². The first-order valence-corrected chi connectivity index (χ1v) is 18.0. The largest absolute Gasteiger partial charge is 0.489 e. The summed E-state index contributed by atoms with van der Waals surface area (Å²) in [5.41, 5.74) is 8.27. The quantitative estimate of drug-likeness (QED) is 0.202. The molecule has 2 aliphatic rings.